The number of carbonyl (C=O) groups is 2. The van der Waals surface area contributed by atoms with Gasteiger partial charge in [-0.3, -0.25) is 4.90 Å². The SMILES string of the molecule is [C-]#[N+]CC1CCN(c2ccc(N3C[C@H](Cn4cc(C(=O)OCC)nn4)OC3=O)cc2)CC1. The van der Waals surface area contributed by atoms with E-state index in [9.17, 15) is 9.59 Å². The van der Waals surface area contributed by atoms with Gasteiger partial charge in [-0.05, 0) is 44.0 Å². The fourth-order valence-electron chi connectivity index (χ4n) is 4.07. The van der Waals surface area contributed by atoms with Crippen LogP contribution in [0.4, 0.5) is 16.2 Å². The number of hydrogen-bond acceptors (Lipinski definition) is 7. The summed E-state index contributed by atoms with van der Waals surface area (Å²) in [6.45, 7) is 12.2. The van der Waals surface area contributed by atoms with Crippen molar-refractivity contribution < 1.29 is 19.1 Å². The Balaban J connectivity index is 1.33. The maximum absolute atomic E-state index is 12.4. The first-order valence-corrected chi connectivity index (χ1v) is 10.8. The van der Waals surface area contributed by atoms with Crippen molar-refractivity contribution in [2.45, 2.75) is 32.4 Å². The molecule has 0 N–H and O–H groups in total. The maximum atomic E-state index is 12.4. The lowest BCUT2D eigenvalue weighted by Crippen LogP contribution is -2.34. The van der Waals surface area contributed by atoms with Crippen molar-refractivity contribution in [1.29, 1.82) is 0 Å². The minimum atomic E-state index is -0.528. The number of hydrogen-bond donors (Lipinski definition) is 0. The molecule has 0 aliphatic carbocycles. The molecule has 0 unspecified atom stereocenters. The second kappa shape index (κ2) is 9.68. The molecule has 10 nitrogen and oxygen atoms in total. The fourth-order valence-corrected chi connectivity index (χ4v) is 4.07. The second-order valence-corrected chi connectivity index (χ2v) is 7.95. The van der Waals surface area contributed by atoms with Crippen molar-refractivity contribution >= 4 is 23.4 Å². The largest absolute Gasteiger partial charge is 0.461 e. The van der Waals surface area contributed by atoms with E-state index in [1.807, 2.05) is 24.3 Å². The van der Waals surface area contributed by atoms with Gasteiger partial charge in [0.25, 0.3) is 0 Å². The van der Waals surface area contributed by atoms with E-state index in [1.165, 1.54) is 10.9 Å². The quantitative estimate of drug-likeness (QED) is 0.484. The van der Waals surface area contributed by atoms with Gasteiger partial charge in [0.2, 0.25) is 6.54 Å². The summed E-state index contributed by atoms with van der Waals surface area (Å²) in [7, 11) is 0. The molecule has 2 fully saturated rings. The molecule has 2 aromatic rings. The molecule has 2 aliphatic rings. The van der Waals surface area contributed by atoms with Crippen LogP contribution in [-0.2, 0) is 16.0 Å². The predicted molar refractivity (Wildman–Crippen MR) is 116 cm³/mol. The average molecular weight is 438 g/mol. The van der Waals surface area contributed by atoms with Gasteiger partial charge in [0.15, 0.2) is 5.69 Å². The van der Waals surface area contributed by atoms with Gasteiger partial charge in [-0.2, -0.15) is 0 Å². The number of cyclic esters (lactones) is 1. The Morgan fingerprint density at radius 1 is 1.25 bits per heavy atom. The first-order chi connectivity index (χ1) is 15.6. The highest BCUT2D eigenvalue weighted by Crippen LogP contribution is 2.28. The summed E-state index contributed by atoms with van der Waals surface area (Å²) in [5.41, 5.74) is 2.02. The molecule has 168 valence electrons. The number of esters is 1. The third-order valence-electron chi connectivity index (χ3n) is 5.78. The molecule has 0 radical (unpaired) electrons. The summed E-state index contributed by atoms with van der Waals surface area (Å²) in [5.74, 6) is -0.0304. The molecule has 2 saturated heterocycles. The number of benzene rings is 1. The molecular formula is C22H26N6O4. The lowest BCUT2D eigenvalue weighted by atomic mass is 9.96. The van der Waals surface area contributed by atoms with Crippen molar-refractivity contribution in [2.75, 3.05) is 42.6 Å². The van der Waals surface area contributed by atoms with Crippen LogP contribution in [0.2, 0.25) is 0 Å². The number of carbonyl (C=O) groups excluding carboxylic acids is 2. The number of amides is 1. The van der Waals surface area contributed by atoms with Crippen molar-refractivity contribution in [3.63, 3.8) is 0 Å². The van der Waals surface area contributed by atoms with Crippen molar-refractivity contribution in [3.05, 3.63) is 47.6 Å². The highest BCUT2D eigenvalue weighted by Gasteiger charge is 2.33. The lowest BCUT2D eigenvalue weighted by Gasteiger charge is -2.32. The Hall–Kier alpha value is -3.61. The van der Waals surface area contributed by atoms with E-state index in [2.05, 4.69) is 20.1 Å². The van der Waals surface area contributed by atoms with E-state index < -0.39 is 18.2 Å². The van der Waals surface area contributed by atoms with Gasteiger partial charge in [0.1, 0.15) is 6.10 Å². The molecule has 1 amide bonds. The van der Waals surface area contributed by atoms with Crippen LogP contribution in [0.3, 0.4) is 0 Å². The molecule has 1 aromatic heterocycles. The van der Waals surface area contributed by atoms with Crippen LogP contribution in [0.1, 0.15) is 30.3 Å². The second-order valence-electron chi connectivity index (χ2n) is 7.95. The molecule has 0 saturated carbocycles. The highest BCUT2D eigenvalue weighted by molar-refractivity contribution is 5.90. The summed E-state index contributed by atoms with van der Waals surface area (Å²) < 4.78 is 11.9. The number of piperidine rings is 1. The van der Waals surface area contributed by atoms with Crippen LogP contribution in [-0.4, -0.2) is 65.9 Å². The van der Waals surface area contributed by atoms with Crippen LogP contribution in [0, 0.1) is 12.5 Å². The Kier molecular flexibility index (Phi) is 6.54. The molecule has 3 heterocycles. The third kappa shape index (κ3) is 4.82. The summed E-state index contributed by atoms with van der Waals surface area (Å²) in [4.78, 5) is 31.6. The monoisotopic (exact) mass is 438 g/mol. The zero-order valence-corrected chi connectivity index (χ0v) is 18.0. The Morgan fingerprint density at radius 3 is 2.66 bits per heavy atom. The molecule has 10 heteroatoms. The molecule has 0 bridgehead atoms. The van der Waals surface area contributed by atoms with Crippen LogP contribution in [0.25, 0.3) is 4.85 Å². The van der Waals surface area contributed by atoms with Gasteiger partial charge in [-0.25, -0.2) is 20.8 Å². The smallest absolute Gasteiger partial charge is 0.414 e. The van der Waals surface area contributed by atoms with Gasteiger partial charge in [0, 0.05) is 30.4 Å². The summed E-state index contributed by atoms with van der Waals surface area (Å²) in [6, 6.07) is 7.90. The number of ether oxygens (including phenoxy) is 2. The minimum absolute atomic E-state index is 0.127. The Bertz CT molecular complexity index is 991. The van der Waals surface area contributed by atoms with E-state index in [0.717, 1.165) is 37.3 Å². The maximum Gasteiger partial charge on any atom is 0.414 e. The van der Waals surface area contributed by atoms with E-state index >= 15 is 0 Å². The number of nitrogens with zero attached hydrogens (tertiary/aromatic N) is 6. The summed E-state index contributed by atoms with van der Waals surface area (Å²) >= 11 is 0. The van der Waals surface area contributed by atoms with E-state index in [1.54, 1.807) is 11.8 Å². The first-order valence-electron chi connectivity index (χ1n) is 10.8. The molecule has 32 heavy (non-hydrogen) atoms. The van der Waals surface area contributed by atoms with Crippen molar-refractivity contribution in [3.8, 4) is 0 Å². The minimum Gasteiger partial charge on any atom is -0.461 e. The van der Waals surface area contributed by atoms with Gasteiger partial charge in [-0.15, -0.1) is 5.10 Å². The van der Waals surface area contributed by atoms with Crippen LogP contribution >= 0.6 is 0 Å². The number of aromatic nitrogens is 3. The zero-order valence-electron chi connectivity index (χ0n) is 18.0. The molecule has 4 rings (SSSR count). The standard InChI is InChI=1S/C22H26N6O4/c1-3-31-21(29)20-15-27(25-24-20)13-19-14-28(22(30)32-19)18-6-4-17(5-7-18)26-10-8-16(9-11-26)12-23-2/h4-7,15-16,19H,3,8-14H2,1H3/t19-/m0/s1. The highest BCUT2D eigenvalue weighted by atomic mass is 16.6. The number of anilines is 2. The van der Waals surface area contributed by atoms with Crippen LogP contribution in [0.5, 0.6) is 0 Å². The van der Waals surface area contributed by atoms with Crippen molar-refractivity contribution in [1.82, 2.24) is 15.0 Å². The van der Waals surface area contributed by atoms with Gasteiger partial charge >= 0.3 is 12.1 Å². The van der Waals surface area contributed by atoms with Crippen molar-refractivity contribution in [2.24, 2.45) is 5.92 Å². The van der Waals surface area contributed by atoms with Gasteiger partial charge in [0.05, 0.1) is 25.9 Å². The van der Waals surface area contributed by atoms with Gasteiger partial charge < -0.3 is 19.2 Å². The Labute approximate surface area is 186 Å². The first kappa shape index (κ1) is 21.6. The Morgan fingerprint density at radius 2 is 1.97 bits per heavy atom. The van der Waals surface area contributed by atoms with E-state index in [0.29, 0.717) is 25.6 Å². The van der Waals surface area contributed by atoms with Crippen LogP contribution in [0.15, 0.2) is 30.5 Å². The van der Waals surface area contributed by atoms with Crippen LogP contribution < -0.4 is 9.80 Å². The number of rotatable bonds is 7. The molecular weight excluding hydrogens is 412 g/mol. The third-order valence-corrected chi connectivity index (χ3v) is 5.78. The molecule has 1 aromatic carbocycles. The molecule has 0 spiro atoms. The topological polar surface area (TPSA) is 94.2 Å². The fraction of sp³-hybridized carbons (Fsp3) is 0.500. The zero-order chi connectivity index (χ0) is 22.5. The van der Waals surface area contributed by atoms with Gasteiger partial charge in [-0.1, -0.05) is 5.21 Å². The van der Waals surface area contributed by atoms with E-state index in [-0.39, 0.29) is 12.3 Å². The summed E-state index contributed by atoms with van der Waals surface area (Å²) in [5, 5.41) is 7.73. The lowest BCUT2D eigenvalue weighted by molar-refractivity contribution is 0.0519. The molecule has 1 atom stereocenters. The summed E-state index contributed by atoms with van der Waals surface area (Å²) in [6.07, 6.45) is 2.74. The normalized spacial score (nSPS) is 19.0. The molecule has 2 aliphatic heterocycles. The predicted octanol–water partition coefficient (Wildman–Crippen LogP) is 2.62. The average Bonchev–Trinajstić information content (AvgIpc) is 3.41. The van der Waals surface area contributed by atoms with E-state index in [4.69, 9.17) is 16.0 Å².